The first-order valence-corrected chi connectivity index (χ1v) is 11.2. The smallest absolute Gasteiger partial charge is 0.234 e. The molecule has 29 heavy (non-hydrogen) atoms. The van der Waals surface area contributed by atoms with Crippen LogP contribution in [0.3, 0.4) is 0 Å². The molecule has 1 aromatic carbocycles. The number of hydrogen-bond donors (Lipinski definition) is 1. The molecule has 0 aliphatic rings. The van der Waals surface area contributed by atoms with E-state index in [0.717, 1.165) is 25.7 Å². The molecule has 3 aromatic rings. The van der Waals surface area contributed by atoms with Crippen LogP contribution < -0.4 is 5.32 Å². The predicted octanol–water partition coefficient (Wildman–Crippen LogP) is 5.20. The number of aryl methyl sites for hydroxylation is 1. The van der Waals surface area contributed by atoms with Crippen molar-refractivity contribution < 1.29 is 4.79 Å². The number of nitrogens with zero attached hydrogens (tertiary/aromatic N) is 3. The second kappa shape index (κ2) is 8.52. The Morgan fingerprint density at radius 3 is 2.55 bits per heavy atom. The van der Waals surface area contributed by atoms with Gasteiger partial charge in [0.2, 0.25) is 5.91 Å². The van der Waals surface area contributed by atoms with Gasteiger partial charge in [-0.05, 0) is 38.3 Å². The molecular weight excluding hydrogens is 400 g/mol. The maximum atomic E-state index is 12.8. The van der Waals surface area contributed by atoms with E-state index < -0.39 is 5.54 Å². The van der Waals surface area contributed by atoms with Gasteiger partial charge in [0.05, 0.1) is 11.3 Å². The van der Waals surface area contributed by atoms with Crippen molar-refractivity contribution in [3.05, 3.63) is 42.2 Å². The van der Waals surface area contributed by atoms with Crippen LogP contribution in [0.5, 0.6) is 0 Å². The van der Waals surface area contributed by atoms with Crippen LogP contribution in [0.15, 0.2) is 41.4 Å². The predicted molar refractivity (Wildman–Crippen MR) is 120 cm³/mol. The number of amides is 1. The number of carbonyl (C=O) groups excluding carboxylic acids is 1. The Morgan fingerprint density at radius 2 is 1.93 bits per heavy atom. The Morgan fingerprint density at radius 1 is 1.24 bits per heavy atom. The molecule has 0 aliphatic carbocycles. The van der Waals surface area contributed by atoms with E-state index in [9.17, 15) is 10.1 Å². The fraction of sp³-hybridized carbons (Fsp3) is 0.364. The summed E-state index contributed by atoms with van der Waals surface area (Å²) < 4.78 is 0. The number of aromatic nitrogens is 2. The fourth-order valence-corrected chi connectivity index (χ4v) is 4.83. The van der Waals surface area contributed by atoms with Crippen molar-refractivity contribution in [1.82, 2.24) is 15.3 Å². The zero-order valence-corrected chi connectivity index (χ0v) is 18.8. The van der Waals surface area contributed by atoms with Gasteiger partial charge in [0.15, 0.2) is 0 Å². The molecule has 2 aromatic heterocycles. The summed E-state index contributed by atoms with van der Waals surface area (Å²) in [6.07, 6.45) is 0. The van der Waals surface area contributed by atoms with Crippen molar-refractivity contribution in [2.75, 3.05) is 0 Å². The average molecular weight is 425 g/mol. The van der Waals surface area contributed by atoms with E-state index in [1.807, 2.05) is 45.9 Å². The summed E-state index contributed by atoms with van der Waals surface area (Å²) in [5, 5.41) is 13.7. The number of nitrogens with one attached hydrogen (secondary N) is 1. The number of carbonyl (C=O) groups is 1. The zero-order valence-electron chi connectivity index (χ0n) is 17.2. The lowest BCUT2D eigenvalue weighted by Gasteiger charge is -2.28. The number of thioether (sulfide) groups is 1. The van der Waals surface area contributed by atoms with Gasteiger partial charge in [-0.25, -0.2) is 9.97 Å². The molecule has 150 valence electrons. The highest BCUT2D eigenvalue weighted by molar-refractivity contribution is 8.00. The van der Waals surface area contributed by atoms with Gasteiger partial charge in [0, 0.05) is 10.3 Å². The quantitative estimate of drug-likeness (QED) is 0.434. The SMILES string of the molecule is Cc1nc(SC(C)C(=O)NC(C)(C#N)C(C)C)c2cc(-c3ccccc3)sc2n1. The molecule has 0 saturated carbocycles. The third-order valence-corrected chi connectivity index (χ3v) is 7.14. The van der Waals surface area contributed by atoms with Crippen LogP contribution in [-0.4, -0.2) is 26.7 Å². The van der Waals surface area contributed by atoms with E-state index >= 15 is 0 Å². The van der Waals surface area contributed by atoms with E-state index in [1.165, 1.54) is 11.8 Å². The van der Waals surface area contributed by atoms with Crippen LogP contribution in [0, 0.1) is 24.2 Å². The summed E-state index contributed by atoms with van der Waals surface area (Å²) in [6, 6.07) is 14.5. The zero-order chi connectivity index (χ0) is 21.2. The topological polar surface area (TPSA) is 78.7 Å². The summed E-state index contributed by atoms with van der Waals surface area (Å²) in [5.74, 6) is 0.515. The third kappa shape index (κ3) is 4.60. The standard InChI is InChI=1S/C22H24N4OS2/c1-13(2)22(5,12-23)26-19(27)14(3)28-20-17-11-18(16-9-7-6-8-10-16)29-21(17)25-15(4)24-20/h6-11,13-14H,1-5H3,(H,26,27). The molecule has 2 atom stereocenters. The molecule has 2 heterocycles. The van der Waals surface area contributed by atoms with Gasteiger partial charge in [0.1, 0.15) is 21.2 Å². The lowest BCUT2D eigenvalue weighted by molar-refractivity contribution is -0.121. The first-order valence-electron chi connectivity index (χ1n) is 9.47. The van der Waals surface area contributed by atoms with E-state index in [4.69, 9.17) is 0 Å². The maximum absolute atomic E-state index is 12.8. The molecular formula is C22H24N4OS2. The second-order valence-electron chi connectivity index (χ2n) is 7.49. The normalized spacial score (nSPS) is 14.4. The molecule has 0 spiro atoms. The van der Waals surface area contributed by atoms with Crippen LogP contribution in [0.25, 0.3) is 20.7 Å². The Kier molecular flexibility index (Phi) is 6.25. The highest BCUT2D eigenvalue weighted by Crippen LogP contribution is 2.37. The molecule has 0 saturated heterocycles. The van der Waals surface area contributed by atoms with Crippen molar-refractivity contribution in [2.24, 2.45) is 5.92 Å². The van der Waals surface area contributed by atoms with Gasteiger partial charge in [-0.15, -0.1) is 11.3 Å². The number of nitriles is 1. The Balaban J connectivity index is 1.89. The minimum Gasteiger partial charge on any atom is -0.337 e. The number of hydrogen-bond acceptors (Lipinski definition) is 6. The first-order chi connectivity index (χ1) is 13.7. The van der Waals surface area contributed by atoms with Crippen LogP contribution in [0.1, 0.15) is 33.5 Å². The second-order valence-corrected chi connectivity index (χ2v) is 9.85. The van der Waals surface area contributed by atoms with Crippen molar-refractivity contribution in [3.63, 3.8) is 0 Å². The number of benzene rings is 1. The lowest BCUT2D eigenvalue weighted by Crippen LogP contribution is -2.51. The number of rotatable bonds is 6. The Bertz CT molecular complexity index is 1070. The molecule has 2 unspecified atom stereocenters. The van der Waals surface area contributed by atoms with Gasteiger partial charge in [0.25, 0.3) is 0 Å². The van der Waals surface area contributed by atoms with E-state index in [0.29, 0.717) is 5.82 Å². The van der Waals surface area contributed by atoms with E-state index in [1.54, 1.807) is 18.3 Å². The summed E-state index contributed by atoms with van der Waals surface area (Å²) in [5.41, 5.74) is 0.239. The van der Waals surface area contributed by atoms with Gasteiger partial charge in [-0.3, -0.25) is 4.79 Å². The number of thiophene rings is 1. The molecule has 7 heteroatoms. The van der Waals surface area contributed by atoms with Crippen LogP contribution in [-0.2, 0) is 4.79 Å². The lowest BCUT2D eigenvalue weighted by atomic mass is 9.90. The van der Waals surface area contributed by atoms with Gasteiger partial charge in [-0.1, -0.05) is 55.9 Å². The molecule has 0 radical (unpaired) electrons. The first kappa shape index (κ1) is 21.3. The molecule has 5 nitrogen and oxygen atoms in total. The van der Waals surface area contributed by atoms with Crippen LogP contribution >= 0.6 is 23.1 Å². The molecule has 0 aliphatic heterocycles. The monoisotopic (exact) mass is 424 g/mol. The van der Waals surface area contributed by atoms with E-state index in [2.05, 4.69) is 39.6 Å². The molecule has 1 N–H and O–H groups in total. The van der Waals surface area contributed by atoms with Crippen molar-refractivity contribution >= 4 is 39.2 Å². The van der Waals surface area contributed by atoms with Crippen LogP contribution in [0.4, 0.5) is 0 Å². The van der Waals surface area contributed by atoms with Crippen molar-refractivity contribution in [3.8, 4) is 16.5 Å². The largest absolute Gasteiger partial charge is 0.337 e. The average Bonchev–Trinajstić information content (AvgIpc) is 3.12. The summed E-state index contributed by atoms with van der Waals surface area (Å²) in [4.78, 5) is 24.0. The van der Waals surface area contributed by atoms with Crippen molar-refractivity contribution in [2.45, 2.75) is 50.4 Å². The molecule has 0 bridgehead atoms. The Labute approximate surface area is 179 Å². The minimum absolute atomic E-state index is 0.00644. The molecule has 1 amide bonds. The third-order valence-electron chi connectivity index (χ3n) is 4.96. The molecule has 3 rings (SSSR count). The van der Waals surface area contributed by atoms with Gasteiger partial charge < -0.3 is 5.32 Å². The fourth-order valence-electron chi connectivity index (χ4n) is 2.71. The number of fused-ring (bicyclic) bond motifs is 1. The molecule has 0 fully saturated rings. The van der Waals surface area contributed by atoms with Gasteiger partial charge in [-0.2, -0.15) is 5.26 Å². The summed E-state index contributed by atoms with van der Waals surface area (Å²) >= 11 is 3.02. The summed E-state index contributed by atoms with van der Waals surface area (Å²) in [6.45, 7) is 9.31. The van der Waals surface area contributed by atoms with Crippen LogP contribution in [0.2, 0.25) is 0 Å². The van der Waals surface area contributed by atoms with E-state index in [-0.39, 0.29) is 17.1 Å². The van der Waals surface area contributed by atoms with Gasteiger partial charge >= 0.3 is 0 Å². The highest BCUT2D eigenvalue weighted by atomic mass is 32.2. The maximum Gasteiger partial charge on any atom is 0.234 e. The minimum atomic E-state index is -0.897. The Hall–Kier alpha value is -2.43. The summed E-state index contributed by atoms with van der Waals surface area (Å²) in [7, 11) is 0. The highest BCUT2D eigenvalue weighted by Gasteiger charge is 2.32. The van der Waals surface area contributed by atoms with Crippen molar-refractivity contribution in [1.29, 1.82) is 5.26 Å².